The second kappa shape index (κ2) is 6.36. The Hall–Kier alpha value is -1.84. The summed E-state index contributed by atoms with van der Waals surface area (Å²) in [6.07, 6.45) is 0.190. The van der Waals surface area contributed by atoms with Crippen LogP contribution in [0.1, 0.15) is 31.9 Å². The molecular weight excluding hydrogens is 242 g/mol. The molecule has 0 radical (unpaired) electrons. The molecule has 0 saturated heterocycles. The van der Waals surface area contributed by atoms with Gasteiger partial charge < -0.3 is 10.1 Å². The highest BCUT2D eigenvalue weighted by molar-refractivity contribution is 5.81. The van der Waals surface area contributed by atoms with Crippen molar-refractivity contribution in [3.63, 3.8) is 0 Å². The molecule has 19 heavy (non-hydrogen) atoms. The van der Waals surface area contributed by atoms with Crippen molar-refractivity contribution in [2.75, 3.05) is 6.61 Å². The van der Waals surface area contributed by atoms with Gasteiger partial charge >= 0.3 is 5.97 Å². The summed E-state index contributed by atoms with van der Waals surface area (Å²) in [5.74, 6) is -0.677. The van der Waals surface area contributed by atoms with Crippen LogP contribution in [0, 0.1) is 6.92 Å². The third-order valence-corrected chi connectivity index (χ3v) is 2.47. The Bertz CT molecular complexity index is 461. The highest BCUT2D eigenvalue weighted by Crippen LogP contribution is 2.08. The molecule has 0 aliphatic heterocycles. The molecule has 4 heteroatoms. The molecule has 0 saturated carbocycles. The Morgan fingerprint density at radius 2 is 1.84 bits per heavy atom. The van der Waals surface area contributed by atoms with Gasteiger partial charge in [-0.3, -0.25) is 9.59 Å². The van der Waals surface area contributed by atoms with E-state index in [9.17, 15) is 9.59 Å². The molecule has 0 aromatic heterocycles. The number of hydrogen-bond donors (Lipinski definition) is 1. The monoisotopic (exact) mass is 263 g/mol. The number of benzene rings is 1. The first-order chi connectivity index (χ1) is 8.78. The minimum Gasteiger partial charge on any atom is -0.455 e. The summed E-state index contributed by atoms with van der Waals surface area (Å²) in [5.41, 5.74) is 1.64. The van der Waals surface area contributed by atoms with E-state index in [0.29, 0.717) is 0 Å². The van der Waals surface area contributed by atoms with Crippen LogP contribution in [0.4, 0.5) is 0 Å². The van der Waals surface area contributed by atoms with Gasteiger partial charge in [0.25, 0.3) is 5.91 Å². The average Bonchev–Trinajstić information content (AvgIpc) is 2.27. The maximum Gasteiger partial charge on any atom is 0.310 e. The molecule has 1 aromatic rings. The van der Waals surface area contributed by atoms with Crippen LogP contribution in [0.2, 0.25) is 0 Å². The molecule has 0 aliphatic rings. The van der Waals surface area contributed by atoms with E-state index in [-0.39, 0.29) is 24.5 Å². The van der Waals surface area contributed by atoms with Crippen molar-refractivity contribution in [2.45, 2.75) is 39.7 Å². The lowest BCUT2D eigenvalue weighted by Crippen LogP contribution is -2.42. The molecule has 1 aromatic carbocycles. The fraction of sp³-hybridized carbons (Fsp3) is 0.467. The normalized spacial score (nSPS) is 10.9. The lowest BCUT2D eigenvalue weighted by molar-refractivity contribution is -0.148. The van der Waals surface area contributed by atoms with Crippen molar-refractivity contribution in [2.24, 2.45) is 0 Å². The Morgan fingerprint density at radius 1 is 1.21 bits per heavy atom. The number of carbonyl (C=O) groups is 2. The summed E-state index contributed by atoms with van der Waals surface area (Å²) >= 11 is 0. The van der Waals surface area contributed by atoms with Crippen LogP contribution >= 0.6 is 0 Å². The van der Waals surface area contributed by atoms with Gasteiger partial charge in [0.2, 0.25) is 0 Å². The van der Waals surface area contributed by atoms with Crippen LogP contribution in [0.15, 0.2) is 24.3 Å². The number of amides is 1. The number of hydrogen-bond acceptors (Lipinski definition) is 3. The summed E-state index contributed by atoms with van der Waals surface area (Å²) in [7, 11) is 0. The Labute approximate surface area is 114 Å². The molecule has 104 valence electrons. The first kappa shape index (κ1) is 15.2. The molecule has 1 amide bonds. The lowest BCUT2D eigenvalue weighted by atomic mass is 10.1. The quantitative estimate of drug-likeness (QED) is 0.845. The maximum absolute atomic E-state index is 11.6. The molecule has 4 nitrogen and oxygen atoms in total. The smallest absolute Gasteiger partial charge is 0.310 e. The Balaban J connectivity index is 2.41. The van der Waals surface area contributed by atoms with Gasteiger partial charge in [0.05, 0.1) is 6.42 Å². The Kier molecular flexibility index (Phi) is 5.10. The maximum atomic E-state index is 11.6. The number of rotatable bonds is 4. The number of ether oxygens (including phenoxy) is 1. The van der Waals surface area contributed by atoms with Crippen LogP contribution in [0.5, 0.6) is 0 Å². The third kappa shape index (κ3) is 6.04. The van der Waals surface area contributed by atoms with Crippen LogP contribution in [0.25, 0.3) is 0 Å². The molecule has 0 spiro atoms. The van der Waals surface area contributed by atoms with E-state index in [4.69, 9.17) is 4.74 Å². The summed E-state index contributed by atoms with van der Waals surface area (Å²) in [6, 6.07) is 7.61. The first-order valence-corrected chi connectivity index (χ1v) is 6.29. The predicted molar refractivity (Wildman–Crippen MR) is 73.7 cm³/mol. The first-order valence-electron chi connectivity index (χ1n) is 6.29. The van der Waals surface area contributed by atoms with E-state index in [1.54, 1.807) is 0 Å². The molecular formula is C15H21NO3. The topological polar surface area (TPSA) is 55.4 Å². The van der Waals surface area contributed by atoms with Gasteiger partial charge in [-0.25, -0.2) is 0 Å². The molecule has 0 fully saturated rings. The molecule has 0 aliphatic carbocycles. The van der Waals surface area contributed by atoms with Crippen molar-refractivity contribution in [1.82, 2.24) is 5.32 Å². The number of nitrogens with one attached hydrogen (secondary N) is 1. The number of esters is 1. The largest absolute Gasteiger partial charge is 0.455 e. The van der Waals surface area contributed by atoms with Crippen molar-refractivity contribution in [3.8, 4) is 0 Å². The minimum absolute atomic E-state index is 0.190. The van der Waals surface area contributed by atoms with Crippen molar-refractivity contribution in [1.29, 1.82) is 0 Å². The zero-order valence-corrected chi connectivity index (χ0v) is 11.9. The average molecular weight is 263 g/mol. The second-order valence-corrected chi connectivity index (χ2v) is 5.56. The molecule has 0 heterocycles. The fourth-order valence-corrected chi connectivity index (χ4v) is 1.62. The summed E-state index contributed by atoms with van der Waals surface area (Å²) < 4.78 is 4.96. The predicted octanol–water partition coefficient (Wildman–Crippen LogP) is 2.00. The fourth-order valence-electron chi connectivity index (χ4n) is 1.62. The zero-order chi connectivity index (χ0) is 14.5. The van der Waals surface area contributed by atoms with Crippen molar-refractivity contribution < 1.29 is 14.3 Å². The van der Waals surface area contributed by atoms with Crippen molar-refractivity contribution in [3.05, 3.63) is 35.4 Å². The minimum atomic E-state index is -0.390. The van der Waals surface area contributed by atoms with Crippen molar-refractivity contribution >= 4 is 11.9 Å². The standard InChI is InChI=1S/C15H21NO3/c1-11-7-5-6-8-12(11)9-14(18)19-10-13(17)16-15(2,3)4/h5-8H,9-10H2,1-4H3,(H,16,17). The van der Waals surface area contributed by atoms with E-state index < -0.39 is 5.97 Å². The van der Waals surface area contributed by atoms with E-state index >= 15 is 0 Å². The van der Waals surface area contributed by atoms with E-state index in [1.165, 1.54) is 0 Å². The molecule has 1 rings (SSSR count). The van der Waals surface area contributed by atoms with Crippen LogP contribution < -0.4 is 5.32 Å². The van der Waals surface area contributed by atoms with Gasteiger partial charge in [-0.1, -0.05) is 24.3 Å². The van der Waals surface area contributed by atoms with Gasteiger partial charge in [-0.2, -0.15) is 0 Å². The summed E-state index contributed by atoms with van der Waals surface area (Å²) in [4.78, 5) is 23.1. The van der Waals surface area contributed by atoms with Gasteiger partial charge in [0.15, 0.2) is 6.61 Å². The van der Waals surface area contributed by atoms with E-state index in [0.717, 1.165) is 11.1 Å². The molecule has 1 N–H and O–H groups in total. The Morgan fingerprint density at radius 3 is 2.42 bits per heavy atom. The van der Waals surface area contributed by atoms with Gasteiger partial charge in [0, 0.05) is 5.54 Å². The molecule has 0 atom stereocenters. The zero-order valence-electron chi connectivity index (χ0n) is 11.9. The highest BCUT2D eigenvalue weighted by atomic mass is 16.5. The lowest BCUT2D eigenvalue weighted by Gasteiger charge is -2.20. The van der Waals surface area contributed by atoms with Gasteiger partial charge in [0.1, 0.15) is 0 Å². The number of carbonyl (C=O) groups excluding carboxylic acids is 2. The summed E-state index contributed by atoms with van der Waals surface area (Å²) in [6.45, 7) is 7.33. The molecule has 0 bridgehead atoms. The summed E-state index contributed by atoms with van der Waals surface area (Å²) in [5, 5.41) is 2.73. The van der Waals surface area contributed by atoms with Crippen LogP contribution in [-0.2, 0) is 20.7 Å². The highest BCUT2D eigenvalue weighted by Gasteiger charge is 2.15. The van der Waals surface area contributed by atoms with Crippen LogP contribution in [0.3, 0.4) is 0 Å². The van der Waals surface area contributed by atoms with E-state index in [1.807, 2.05) is 52.0 Å². The van der Waals surface area contributed by atoms with Gasteiger partial charge in [-0.05, 0) is 38.8 Å². The molecule has 0 unspecified atom stereocenters. The second-order valence-electron chi connectivity index (χ2n) is 5.56. The van der Waals surface area contributed by atoms with Gasteiger partial charge in [-0.15, -0.1) is 0 Å². The van der Waals surface area contributed by atoms with Crippen LogP contribution in [-0.4, -0.2) is 24.0 Å². The number of aryl methyl sites for hydroxylation is 1. The SMILES string of the molecule is Cc1ccccc1CC(=O)OCC(=O)NC(C)(C)C. The van der Waals surface area contributed by atoms with E-state index in [2.05, 4.69) is 5.32 Å². The third-order valence-electron chi connectivity index (χ3n) is 2.47.